The molecule has 0 unspecified atom stereocenters. The fourth-order valence-corrected chi connectivity index (χ4v) is 0.952. The molecule has 2 heterocycles. The first-order chi connectivity index (χ1) is 4.88. The first-order valence-electron chi connectivity index (χ1n) is 3.00. The highest BCUT2D eigenvalue weighted by atomic mass is 16.5. The minimum Gasteiger partial charge on any atom is -0.740 e. The van der Waals surface area contributed by atoms with E-state index in [1.807, 2.05) is 0 Å². The molecular weight excluding hydrogens is 148 g/mol. The number of hydrogen-bond acceptors (Lipinski definition) is 4. The first-order valence-corrected chi connectivity index (χ1v) is 3.00. The normalized spacial score (nSPS) is 20.9. The van der Waals surface area contributed by atoms with Gasteiger partial charge < -0.3 is 10.7 Å². The smallest absolute Gasteiger partial charge is 0.299 e. The quantitative estimate of drug-likeness (QED) is 0.328. The zero-order valence-corrected chi connectivity index (χ0v) is 5.74. The third-order valence-corrected chi connectivity index (χ3v) is 1.42. The molecule has 6 nitrogen and oxygen atoms in total. The third kappa shape index (κ3) is 1.13. The zero-order valence-electron chi connectivity index (χ0n) is 5.74. The van der Waals surface area contributed by atoms with Gasteiger partial charge in [0.25, 0.3) is 5.84 Å². The Morgan fingerprint density at radius 3 is 3.18 bits per heavy atom. The number of rotatable bonds is 0. The largest absolute Gasteiger partial charge is 0.740 e. The second-order valence-corrected chi connectivity index (χ2v) is 2.08. The Bertz CT molecular complexity index is 255. The van der Waals surface area contributed by atoms with E-state index in [-0.39, 0.29) is 5.48 Å². The molecule has 60 valence electrons. The lowest BCUT2D eigenvalue weighted by Gasteiger charge is -2.08. The lowest BCUT2D eigenvalue weighted by Crippen LogP contribution is -2.36. The van der Waals surface area contributed by atoms with E-state index in [0.717, 1.165) is 5.71 Å². The van der Waals surface area contributed by atoms with Gasteiger partial charge in [-0.3, -0.25) is 5.32 Å². The molecule has 2 aliphatic rings. The van der Waals surface area contributed by atoms with Gasteiger partial charge in [-0.05, 0) is 0 Å². The molecule has 0 aromatic heterocycles. The van der Waals surface area contributed by atoms with Crippen LogP contribution in [-0.4, -0.2) is 41.3 Å². The Balaban J connectivity index is 0.000000605. The molecule has 0 saturated carbocycles. The molecule has 6 heteroatoms. The van der Waals surface area contributed by atoms with Crippen LogP contribution in [-0.2, 0) is 0 Å². The van der Waals surface area contributed by atoms with Crippen LogP contribution in [0, 0.1) is 5.21 Å². The standard InChI is InChI=1S/C5H6N4O.H2O/c10-9-3-8-4-1-6-2-7-5(4)9;/h3,6H,1-2H2;1H2. The first kappa shape index (κ1) is 7.83. The van der Waals surface area contributed by atoms with Gasteiger partial charge in [-0.2, -0.15) is 0 Å². The maximum atomic E-state index is 10.8. The number of fused-ring (bicyclic) bond motifs is 1. The van der Waals surface area contributed by atoms with Crippen LogP contribution >= 0.6 is 0 Å². The Morgan fingerprint density at radius 2 is 2.45 bits per heavy atom. The summed E-state index contributed by atoms with van der Waals surface area (Å²) in [6, 6.07) is 0. The van der Waals surface area contributed by atoms with Gasteiger partial charge in [0.2, 0.25) is 12.1 Å². The van der Waals surface area contributed by atoms with Crippen LogP contribution in [0.4, 0.5) is 0 Å². The molecule has 0 spiro atoms. The van der Waals surface area contributed by atoms with Crippen LogP contribution in [0.2, 0.25) is 0 Å². The van der Waals surface area contributed by atoms with Crippen LogP contribution < -0.4 is 5.32 Å². The molecule has 2 rings (SSSR count). The van der Waals surface area contributed by atoms with Crippen molar-refractivity contribution in [3.05, 3.63) is 5.21 Å². The molecule has 0 bridgehead atoms. The van der Waals surface area contributed by atoms with E-state index >= 15 is 0 Å². The molecule has 0 saturated heterocycles. The van der Waals surface area contributed by atoms with E-state index < -0.39 is 0 Å². The van der Waals surface area contributed by atoms with Crippen LogP contribution in [0.3, 0.4) is 0 Å². The fraction of sp³-hybridized carbons (Fsp3) is 0.400. The van der Waals surface area contributed by atoms with Crippen LogP contribution in [0.15, 0.2) is 9.98 Å². The molecule has 2 aliphatic heterocycles. The number of amidine groups is 1. The second kappa shape index (κ2) is 2.77. The summed E-state index contributed by atoms with van der Waals surface area (Å²) in [6.45, 7) is 1.16. The molecule has 0 aromatic carbocycles. The highest BCUT2D eigenvalue weighted by molar-refractivity contribution is 6.42. The second-order valence-electron chi connectivity index (χ2n) is 2.08. The van der Waals surface area contributed by atoms with Crippen molar-refractivity contribution in [1.82, 2.24) is 5.32 Å². The average Bonchev–Trinajstić information content (AvgIpc) is 2.34. The monoisotopic (exact) mass is 156 g/mol. The maximum absolute atomic E-state index is 10.8. The van der Waals surface area contributed by atoms with Gasteiger partial charge >= 0.3 is 0 Å². The molecular formula is C5H8N4O2. The number of nitrogens with zero attached hydrogens (tertiary/aromatic N) is 3. The van der Waals surface area contributed by atoms with E-state index in [1.54, 1.807) is 0 Å². The molecule has 0 aromatic rings. The summed E-state index contributed by atoms with van der Waals surface area (Å²) in [4.78, 5) is 7.78. The zero-order chi connectivity index (χ0) is 6.97. The average molecular weight is 156 g/mol. The molecule has 0 amide bonds. The van der Waals surface area contributed by atoms with Gasteiger partial charge in [0, 0.05) is 0 Å². The van der Waals surface area contributed by atoms with E-state index in [4.69, 9.17) is 0 Å². The van der Waals surface area contributed by atoms with Gasteiger partial charge in [0.05, 0.1) is 6.54 Å². The predicted octanol–water partition coefficient (Wildman–Crippen LogP) is -1.89. The fourth-order valence-electron chi connectivity index (χ4n) is 0.952. The van der Waals surface area contributed by atoms with E-state index in [9.17, 15) is 5.21 Å². The summed E-state index contributed by atoms with van der Waals surface area (Å²) >= 11 is 0. The molecule has 0 radical (unpaired) electrons. The molecule has 0 fully saturated rings. The van der Waals surface area contributed by atoms with Crippen molar-refractivity contribution >= 4 is 17.9 Å². The van der Waals surface area contributed by atoms with Gasteiger partial charge in [-0.1, -0.05) is 0 Å². The van der Waals surface area contributed by atoms with E-state index in [0.29, 0.717) is 23.8 Å². The van der Waals surface area contributed by atoms with Crippen LogP contribution in [0.5, 0.6) is 0 Å². The Morgan fingerprint density at radius 1 is 1.64 bits per heavy atom. The lowest BCUT2D eigenvalue weighted by atomic mass is 10.3. The maximum Gasteiger partial charge on any atom is 0.299 e. The van der Waals surface area contributed by atoms with Crippen molar-refractivity contribution in [3.8, 4) is 0 Å². The van der Waals surface area contributed by atoms with Crippen molar-refractivity contribution in [2.45, 2.75) is 0 Å². The SMILES string of the molecule is O.[O-][N+]1=CN=C2CNCN=C21. The van der Waals surface area contributed by atoms with Crippen molar-refractivity contribution in [3.63, 3.8) is 0 Å². The number of hydrogen-bond donors (Lipinski definition) is 1. The number of nitrogens with one attached hydrogen (secondary N) is 1. The highest BCUT2D eigenvalue weighted by Crippen LogP contribution is 1.96. The molecule has 0 atom stereocenters. The van der Waals surface area contributed by atoms with Crippen molar-refractivity contribution in [2.75, 3.05) is 13.2 Å². The lowest BCUT2D eigenvalue weighted by molar-refractivity contribution is -0.313. The molecule has 0 aliphatic carbocycles. The molecule has 11 heavy (non-hydrogen) atoms. The topological polar surface area (TPSA) is 94.3 Å². The van der Waals surface area contributed by atoms with Crippen LogP contribution in [0.25, 0.3) is 0 Å². The summed E-state index contributed by atoms with van der Waals surface area (Å²) in [5.41, 5.74) is 0.737. The predicted molar refractivity (Wildman–Crippen MR) is 41.0 cm³/mol. The summed E-state index contributed by atoms with van der Waals surface area (Å²) < 4.78 is 0.691. The third-order valence-electron chi connectivity index (χ3n) is 1.42. The summed E-state index contributed by atoms with van der Waals surface area (Å²) in [5.74, 6) is 0.457. The Hall–Kier alpha value is -1.27. The summed E-state index contributed by atoms with van der Waals surface area (Å²) in [6.07, 6.45) is 1.24. The van der Waals surface area contributed by atoms with E-state index in [2.05, 4.69) is 15.3 Å². The Labute approximate surface area is 62.9 Å². The number of hydroxylamine groups is 1. The van der Waals surface area contributed by atoms with Gasteiger partial charge in [-0.25, -0.2) is 4.74 Å². The van der Waals surface area contributed by atoms with Gasteiger partial charge in [0.15, 0.2) is 6.67 Å². The Kier molecular flexibility index (Phi) is 1.97. The van der Waals surface area contributed by atoms with E-state index in [1.165, 1.54) is 6.34 Å². The van der Waals surface area contributed by atoms with Gasteiger partial charge in [-0.15, -0.1) is 9.98 Å². The number of aliphatic imine (C=N–C) groups is 2. The minimum absolute atomic E-state index is 0. The van der Waals surface area contributed by atoms with Crippen LogP contribution in [0.1, 0.15) is 0 Å². The van der Waals surface area contributed by atoms with Crippen molar-refractivity contribution < 1.29 is 10.2 Å². The van der Waals surface area contributed by atoms with Crippen molar-refractivity contribution in [1.29, 1.82) is 0 Å². The van der Waals surface area contributed by atoms with Gasteiger partial charge in [0.1, 0.15) is 0 Å². The molecule has 3 N–H and O–H groups in total. The highest BCUT2D eigenvalue weighted by Gasteiger charge is 2.25. The summed E-state index contributed by atoms with van der Waals surface area (Å²) in [7, 11) is 0. The summed E-state index contributed by atoms with van der Waals surface area (Å²) in [5, 5.41) is 13.8. The minimum atomic E-state index is 0. The van der Waals surface area contributed by atoms with Crippen molar-refractivity contribution in [2.24, 2.45) is 9.98 Å².